The number of hydrogen-bond acceptors (Lipinski definition) is 7. The first-order valence-corrected chi connectivity index (χ1v) is 10.3. The molecule has 2 aromatic rings. The molecule has 4 rings (SSSR count). The molecule has 2 aliphatic heterocycles. The number of ether oxygens (including phenoxy) is 5. The van der Waals surface area contributed by atoms with Crippen molar-refractivity contribution in [3.8, 4) is 5.75 Å². The molecule has 0 aliphatic carbocycles. The summed E-state index contributed by atoms with van der Waals surface area (Å²) in [5.74, 6) is -0.945. The largest absolute Gasteiger partial charge is 0.480 e. The SMILES string of the molecule is CC(=O)N[C@@H]1[C@H](Oc2ccccc2)O[C@@H]2CO[C@H](c3ccccc3)O[C@H]2[C@H]1OCC(=O)O. The lowest BCUT2D eigenvalue weighted by Gasteiger charge is -2.49. The topological polar surface area (TPSA) is 113 Å². The van der Waals surface area contributed by atoms with E-state index in [-0.39, 0.29) is 12.5 Å². The lowest BCUT2D eigenvalue weighted by atomic mass is 9.95. The van der Waals surface area contributed by atoms with E-state index >= 15 is 0 Å². The second-order valence-electron chi connectivity index (χ2n) is 7.55. The first-order chi connectivity index (χ1) is 15.5. The average molecular weight is 443 g/mol. The van der Waals surface area contributed by atoms with Gasteiger partial charge >= 0.3 is 5.97 Å². The molecule has 2 fully saturated rings. The van der Waals surface area contributed by atoms with Gasteiger partial charge in [-0.1, -0.05) is 48.5 Å². The van der Waals surface area contributed by atoms with Gasteiger partial charge in [-0.2, -0.15) is 0 Å². The van der Waals surface area contributed by atoms with Crippen LogP contribution in [0.3, 0.4) is 0 Å². The van der Waals surface area contributed by atoms with Gasteiger partial charge in [-0.05, 0) is 12.1 Å². The van der Waals surface area contributed by atoms with Gasteiger partial charge in [-0.15, -0.1) is 0 Å². The van der Waals surface area contributed by atoms with Gasteiger partial charge in [-0.25, -0.2) is 4.79 Å². The van der Waals surface area contributed by atoms with E-state index in [9.17, 15) is 14.7 Å². The molecule has 170 valence electrons. The molecule has 0 saturated carbocycles. The lowest BCUT2D eigenvalue weighted by Crippen LogP contribution is -2.68. The summed E-state index contributed by atoms with van der Waals surface area (Å²) in [5, 5.41) is 12.0. The van der Waals surface area contributed by atoms with Crippen molar-refractivity contribution in [2.24, 2.45) is 0 Å². The molecule has 0 unspecified atom stereocenters. The molecule has 2 aromatic carbocycles. The van der Waals surface area contributed by atoms with Crippen molar-refractivity contribution in [3.63, 3.8) is 0 Å². The number of carboxylic acids is 1. The fourth-order valence-electron chi connectivity index (χ4n) is 3.84. The van der Waals surface area contributed by atoms with Crippen LogP contribution in [0.4, 0.5) is 0 Å². The van der Waals surface area contributed by atoms with Crippen LogP contribution in [-0.2, 0) is 28.5 Å². The lowest BCUT2D eigenvalue weighted by molar-refractivity contribution is -0.337. The highest BCUT2D eigenvalue weighted by Gasteiger charge is 2.52. The van der Waals surface area contributed by atoms with Crippen LogP contribution in [0.25, 0.3) is 0 Å². The first kappa shape index (κ1) is 22.2. The monoisotopic (exact) mass is 443 g/mol. The zero-order valence-electron chi connectivity index (χ0n) is 17.5. The maximum absolute atomic E-state index is 12.0. The standard InChI is InChI=1S/C23H25NO8/c1-14(25)24-19-21(28-13-18(26)27)20-17(31-23(19)30-16-10-6-3-7-11-16)12-29-22(32-20)15-8-4-2-5-9-15/h2-11,17,19-23H,12-13H2,1H3,(H,24,25)(H,26,27)/t17-,19+,20-,21+,22+,23-/m1/s1. The Morgan fingerprint density at radius 2 is 1.75 bits per heavy atom. The van der Waals surface area contributed by atoms with Crippen LogP contribution in [-0.4, -0.2) is 60.8 Å². The van der Waals surface area contributed by atoms with E-state index in [1.165, 1.54) is 6.92 Å². The van der Waals surface area contributed by atoms with Gasteiger partial charge < -0.3 is 34.1 Å². The number of aliphatic carboxylic acids is 1. The molecule has 2 aliphatic rings. The third-order valence-electron chi connectivity index (χ3n) is 5.18. The van der Waals surface area contributed by atoms with Crippen molar-refractivity contribution in [1.82, 2.24) is 5.32 Å². The number of carbonyl (C=O) groups is 2. The quantitative estimate of drug-likeness (QED) is 0.667. The van der Waals surface area contributed by atoms with Gasteiger partial charge in [0.1, 0.15) is 36.7 Å². The molecule has 9 nitrogen and oxygen atoms in total. The maximum atomic E-state index is 12.0. The molecule has 0 radical (unpaired) electrons. The van der Waals surface area contributed by atoms with E-state index in [1.54, 1.807) is 12.1 Å². The maximum Gasteiger partial charge on any atom is 0.329 e. The molecule has 6 atom stereocenters. The van der Waals surface area contributed by atoms with Crippen LogP contribution in [0.2, 0.25) is 0 Å². The number of carboxylic acid groups (broad SMARTS) is 1. The highest BCUT2D eigenvalue weighted by Crippen LogP contribution is 2.36. The van der Waals surface area contributed by atoms with Crippen LogP contribution in [0, 0.1) is 0 Å². The Bertz CT molecular complexity index is 909. The van der Waals surface area contributed by atoms with E-state index in [0.717, 1.165) is 5.56 Å². The number of nitrogens with one attached hydrogen (secondary N) is 1. The Morgan fingerprint density at radius 1 is 1.06 bits per heavy atom. The highest BCUT2D eigenvalue weighted by atomic mass is 16.8. The van der Waals surface area contributed by atoms with Crippen molar-refractivity contribution in [2.45, 2.75) is 43.9 Å². The van der Waals surface area contributed by atoms with Crippen LogP contribution >= 0.6 is 0 Å². The van der Waals surface area contributed by atoms with Crippen molar-refractivity contribution in [3.05, 3.63) is 66.2 Å². The van der Waals surface area contributed by atoms with Gasteiger partial charge in [0.05, 0.1) is 6.61 Å². The third kappa shape index (κ3) is 5.25. The fraction of sp³-hybridized carbons (Fsp3) is 0.391. The molecule has 32 heavy (non-hydrogen) atoms. The van der Waals surface area contributed by atoms with Crippen LogP contribution in [0.1, 0.15) is 18.8 Å². The van der Waals surface area contributed by atoms with Crippen molar-refractivity contribution < 1.29 is 38.4 Å². The predicted molar refractivity (Wildman–Crippen MR) is 111 cm³/mol. The molecule has 2 saturated heterocycles. The Balaban J connectivity index is 1.61. The van der Waals surface area contributed by atoms with Gasteiger partial charge in [-0.3, -0.25) is 4.79 Å². The molecule has 2 heterocycles. The zero-order valence-corrected chi connectivity index (χ0v) is 17.5. The zero-order chi connectivity index (χ0) is 22.5. The van der Waals surface area contributed by atoms with Gasteiger partial charge in [0.25, 0.3) is 0 Å². The number of carbonyl (C=O) groups excluding carboxylic acids is 1. The summed E-state index contributed by atoms with van der Waals surface area (Å²) in [4.78, 5) is 23.2. The van der Waals surface area contributed by atoms with Crippen molar-refractivity contribution in [2.75, 3.05) is 13.2 Å². The summed E-state index contributed by atoms with van der Waals surface area (Å²) in [7, 11) is 0. The molecule has 9 heteroatoms. The Kier molecular flexibility index (Phi) is 7.01. The summed E-state index contributed by atoms with van der Waals surface area (Å²) in [6.07, 6.45) is -3.76. The van der Waals surface area contributed by atoms with E-state index < -0.39 is 49.5 Å². The van der Waals surface area contributed by atoms with Crippen molar-refractivity contribution >= 4 is 11.9 Å². The molecule has 0 spiro atoms. The van der Waals surface area contributed by atoms with E-state index in [0.29, 0.717) is 5.75 Å². The highest BCUT2D eigenvalue weighted by molar-refractivity contribution is 5.73. The second kappa shape index (κ2) is 10.1. The van der Waals surface area contributed by atoms with Crippen LogP contribution < -0.4 is 10.1 Å². The van der Waals surface area contributed by atoms with E-state index in [1.807, 2.05) is 48.5 Å². The summed E-state index contributed by atoms with van der Waals surface area (Å²) in [6.45, 7) is 0.971. The minimum absolute atomic E-state index is 0.179. The Labute approximate surface area is 185 Å². The number of hydrogen-bond donors (Lipinski definition) is 2. The minimum atomic E-state index is -1.14. The number of benzene rings is 2. The number of rotatable bonds is 7. The number of fused-ring (bicyclic) bond motifs is 1. The van der Waals surface area contributed by atoms with Crippen molar-refractivity contribution in [1.29, 1.82) is 0 Å². The molecule has 0 aromatic heterocycles. The summed E-state index contributed by atoms with van der Waals surface area (Å²) < 4.78 is 29.9. The molecule has 2 N–H and O–H groups in total. The van der Waals surface area contributed by atoms with Crippen LogP contribution in [0.5, 0.6) is 5.75 Å². The normalized spacial score (nSPS) is 29.5. The van der Waals surface area contributed by atoms with Gasteiger partial charge in [0.2, 0.25) is 12.2 Å². The number of amides is 1. The summed E-state index contributed by atoms with van der Waals surface area (Å²) in [5.41, 5.74) is 0.807. The molecule has 0 bridgehead atoms. The first-order valence-electron chi connectivity index (χ1n) is 10.3. The fourth-order valence-corrected chi connectivity index (χ4v) is 3.84. The summed E-state index contributed by atoms with van der Waals surface area (Å²) >= 11 is 0. The van der Waals surface area contributed by atoms with Gasteiger partial charge in [0.15, 0.2) is 6.29 Å². The van der Waals surface area contributed by atoms with E-state index in [4.69, 9.17) is 23.7 Å². The summed E-state index contributed by atoms with van der Waals surface area (Å²) in [6, 6.07) is 17.5. The average Bonchev–Trinajstić information content (AvgIpc) is 2.79. The second-order valence-corrected chi connectivity index (χ2v) is 7.55. The Morgan fingerprint density at radius 3 is 2.41 bits per heavy atom. The molecular formula is C23H25NO8. The smallest absolute Gasteiger partial charge is 0.329 e. The minimum Gasteiger partial charge on any atom is -0.480 e. The Hall–Kier alpha value is -2.98. The third-order valence-corrected chi connectivity index (χ3v) is 5.18. The van der Waals surface area contributed by atoms with E-state index in [2.05, 4.69) is 5.32 Å². The molecule has 1 amide bonds. The molecular weight excluding hydrogens is 418 g/mol. The van der Waals surface area contributed by atoms with Crippen LogP contribution in [0.15, 0.2) is 60.7 Å². The predicted octanol–water partition coefficient (Wildman–Crippen LogP) is 1.88. The number of para-hydroxylation sites is 1. The van der Waals surface area contributed by atoms with Gasteiger partial charge in [0, 0.05) is 12.5 Å².